The number of benzene rings is 1. The molecule has 1 aliphatic carbocycles. The number of hydrogen-bond donors (Lipinski definition) is 0. The lowest BCUT2D eigenvalue weighted by molar-refractivity contribution is 0.621. The van der Waals surface area contributed by atoms with E-state index in [1.807, 2.05) is 18.2 Å². The molecular formula is C10H8ClF. The lowest BCUT2D eigenvalue weighted by Gasteiger charge is -2.10. The van der Waals surface area contributed by atoms with Gasteiger partial charge in [-0.1, -0.05) is 23.8 Å². The SMILES string of the molecule is Fc1cc(Cl)cc2c1C=CCC2. The summed E-state index contributed by atoms with van der Waals surface area (Å²) in [7, 11) is 0. The van der Waals surface area contributed by atoms with Gasteiger partial charge in [-0.3, -0.25) is 0 Å². The Bertz CT molecular complexity index is 342. The molecule has 0 aromatic heterocycles. The molecule has 2 heteroatoms. The molecule has 0 N–H and O–H groups in total. The summed E-state index contributed by atoms with van der Waals surface area (Å²) >= 11 is 5.72. The smallest absolute Gasteiger partial charge is 0.132 e. The molecular weight excluding hydrogens is 175 g/mol. The van der Waals surface area contributed by atoms with E-state index in [4.69, 9.17) is 11.6 Å². The van der Waals surface area contributed by atoms with Crippen LogP contribution >= 0.6 is 11.6 Å². The van der Waals surface area contributed by atoms with Gasteiger partial charge in [0.15, 0.2) is 0 Å². The van der Waals surface area contributed by atoms with E-state index in [0.29, 0.717) is 10.6 Å². The normalized spacial score (nSPS) is 14.5. The summed E-state index contributed by atoms with van der Waals surface area (Å²) in [6.45, 7) is 0. The summed E-state index contributed by atoms with van der Waals surface area (Å²) < 4.78 is 13.2. The molecule has 0 spiro atoms. The quantitative estimate of drug-likeness (QED) is 0.577. The van der Waals surface area contributed by atoms with Crippen LogP contribution in [-0.2, 0) is 6.42 Å². The molecule has 0 heterocycles. The molecule has 0 nitrogen and oxygen atoms in total. The molecule has 62 valence electrons. The second kappa shape index (κ2) is 2.91. The summed E-state index contributed by atoms with van der Waals surface area (Å²) in [5.41, 5.74) is 1.72. The summed E-state index contributed by atoms with van der Waals surface area (Å²) in [5, 5.41) is 0.488. The van der Waals surface area contributed by atoms with Gasteiger partial charge in [-0.15, -0.1) is 0 Å². The minimum Gasteiger partial charge on any atom is -0.206 e. The molecule has 0 aliphatic heterocycles. The minimum atomic E-state index is -0.214. The third-order valence-corrected chi connectivity index (χ3v) is 2.26. The lowest BCUT2D eigenvalue weighted by Crippen LogP contribution is -1.96. The predicted molar refractivity (Wildman–Crippen MR) is 48.8 cm³/mol. The Hall–Kier alpha value is -0.820. The van der Waals surface area contributed by atoms with Gasteiger partial charge in [-0.05, 0) is 30.5 Å². The fourth-order valence-electron chi connectivity index (χ4n) is 1.47. The van der Waals surface area contributed by atoms with E-state index in [9.17, 15) is 4.39 Å². The highest BCUT2D eigenvalue weighted by molar-refractivity contribution is 6.30. The fourth-order valence-corrected chi connectivity index (χ4v) is 1.70. The van der Waals surface area contributed by atoms with Crippen LogP contribution in [0.25, 0.3) is 6.08 Å². The van der Waals surface area contributed by atoms with Crippen molar-refractivity contribution in [3.8, 4) is 0 Å². The summed E-state index contributed by atoms with van der Waals surface area (Å²) in [4.78, 5) is 0. The van der Waals surface area contributed by atoms with E-state index in [1.54, 1.807) is 0 Å². The Morgan fingerprint density at radius 1 is 1.33 bits per heavy atom. The molecule has 0 bridgehead atoms. The Kier molecular flexibility index (Phi) is 1.89. The van der Waals surface area contributed by atoms with Crippen molar-refractivity contribution in [1.29, 1.82) is 0 Å². The largest absolute Gasteiger partial charge is 0.206 e. The van der Waals surface area contributed by atoms with E-state index in [1.165, 1.54) is 6.07 Å². The standard InChI is InChI=1S/C10H8ClF/c11-8-5-7-3-1-2-4-9(7)10(12)6-8/h2,4-6H,1,3H2. The first-order chi connectivity index (χ1) is 5.77. The maximum atomic E-state index is 13.2. The van der Waals surface area contributed by atoms with E-state index in [2.05, 4.69) is 0 Å². The fraction of sp³-hybridized carbons (Fsp3) is 0.200. The van der Waals surface area contributed by atoms with Crippen LogP contribution in [0.4, 0.5) is 4.39 Å². The average Bonchev–Trinajstić information content (AvgIpc) is 2.04. The van der Waals surface area contributed by atoms with Crippen molar-refractivity contribution in [3.63, 3.8) is 0 Å². The Labute approximate surface area is 75.7 Å². The van der Waals surface area contributed by atoms with Crippen molar-refractivity contribution in [3.05, 3.63) is 40.2 Å². The average molecular weight is 183 g/mol. The number of allylic oxidation sites excluding steroid dienone is 1. The summed E-state index contributed by atoms with van der Waals surface area (Å²) in [5.74, 6) is -0.214. The van der Waals surface area contributed by atoms with Gasteiger partial charge < -0.3 is 0 Å². The van der Waals surface area contributed by atoms with Gasteiger partial charge in [0.25, 0.3) is 0 Å². The van der Waals surface area contributed by atoms with Gasteiger partial charge in [0.05, 0.1) is 0 Å². The Morgan fingerprint density at radius 2 is 2.17 bits per heavy atom. The monoisotopic (exact) mass is 182 g/mol. The highest BCUT2D eigenvalue weighted by Crippen LogP contribution is 2.25. The molecule has 1 aromatic carbocycles. The van der Waals surface area contributed by atoms with Crippen molar-refractivity contribution in [2.24, 2.45) is 0 Å². The van der Waals surface area contributed by atoms with E-state index < -0.39 is 0 Å². The third-order valence-electron chi connectivity index (χ3n) is 2.04. The number of halogens is 2. The lowest BCUT2D eigenvalue weighted by atomic mass is 9.97. The maximum absolute atomic E-state index is 13.2. The van der Waals surface area contributed by atoms with Crippen LogP contribution in [-0.4, -0.2) is 0 Å². The molecule has 0 amide bonds. The molecule has 1 aromatic rings. The topological polar surface area (TPSA) is 0 Å². The van der Waals surface area contributed by atoms with Crippen LogP contribution in [0, 0.1) is 5.82 Å². The number of fused-ring (bicyclic) bond motifs is 1. The van der Waals surface area contributed by atoms with Crippen LogP contribution < -0.4 is 0 Å². The predicted octanol–water partition coefficient (Wildman–Crippen LogP) is 3.44. The van der Waals surface area contributed by atoms with Gasteiger partial charge in [-0.2, -0.15) is 0 Å². The van der Waals surface area contributed by atoms with Gasteiger partial charge in [0, 0.05) is 10.6 Å². The first-order valence-electron chi connectivity index (χ1n) is 3.92. The molecule has 0 atom stereocenters. The minimum absolute atomic E-state index is 0.214. The van der Waals surface area contributed by atoms with Crippen molar-refractivity contribution in [2.45, 2.75) is 12.8 Å². The van der Waals surface area contributed by atoms with Crippen molar-refractivity contribution < 1.29 is 4.39 Å². The molecule has 1 aliphatic rings. The number of hydrogen-bond acceptors (Lipinski definition) is 0. The number of rotatable bonds is 0. The zero-order chi connectivity index (χ0) is 8.55. The molecule has 12 heavy (non-hydrogen) atoms. The molecule has 2 rings (SSSR count). The van der Waals surface area contributed by atoms with Crippen molar-refractivity contribution in [2.75, 3.05) is 0 Å². The second-order valence-electron chi connectivity index (χ2n) is 2.90. The van der Waals surface area contributed by atoms with Gasteiger partial charge >= 0.3 is 0 Å². The Morgan fingerprint density at radius 3 is 3.00 bits per heavy atom. The van der Waals surface area contributed by atoms with Gasteiger partial charge in [-0.25, -0.2) is 4.39 Å². The first kappa shape index (κ1) is 7.81. The van der Waals surface area contributed by atoms with E-state index in [-0.39, 0.29) is 5.82 Å². The molecule has 0 saturated carbocycles. The maximum Gasteiger partial charge on any atom is 0.132 e. The highest BCUT2D eigenvalue weighted by atomic mass is 35.5. The number of aryl methyl sites for hydroxylation is 1. The Balaban J connectivity index is 2.62. The van der Waals surface area contributed by atoms with E-state index in [0.717, 1.165) is 18.4 Å². The van der Waals surface area contributed by atoms with Crippen molar-refractivity contribution in [1.82, 2.24) is 0 Å². The van der Waals surface area contributed by atoms with Gasteiger partial charge in [0.1, 0.15) is 5.82 Å². The highest BCUT2D eigenvalue weighted by Gasteiger charge is 2.09. The van der Waals surface area contributed by atoms with Crippen LogP contribution in [0.5, 0.6) is 0 Å². The second-order valence-corrected chi connectivity index (χ2v) is 3.34. The zero-order valence-corrected chi connectivity index (χ0v) is 7.24. The molecule has 0 radical (unpaired) electrons. The third kappa shape index (κ3) is 1.25. The van der Waals surface area contributed by atoms with Crippen LogP contribution in [0.1, 0.15) is 17.5 Å². The van der Waals surface area contributed by atoms with Gasteiger partial charge in [0.2, 0.25) is 0 Å². The van der Waals surface area contributed by atoms with Crippen molar-refractivity contribution >= 4 is 17.7 Å². The molecule has 0 saturated heterocycles. The zero-order valence-electron chi connectivity index (χ0n) is 6.48. The molecule has 0 fully saturated rings. The van der Waals surface area contributed by atoms with Crippen LogP contribution in [0.15, 0.2) is 18.2 Å². The van der Waals surface area contributed by atoms with Crippen LogP contribution in [0.3, 0.4) is 0 Å². The first-order valence-corrected chi connectivity index (χ1v) is 4.29. The summed E-state index contributed by atoms with van der Waals surface area (Å²) in [6.07, 6.45) is 5.68. The molecule has 0 unspecified atom stereocenters. The van der Waals surface area contributed by atoms with E-state index >= 15 is 0 Å². The van der Waals surface area contributed by atoms with Crippen LogP contribution in [0.2, 0.25) is 5.02 Å². The summed E-state index contributed by atoms with van der Waals surface area (Å²) in [6, 6.07) is 3.19.